The second-order valence-electron chi connectivity index (χ2n) is 4.57. The van der Waals surface area contributed by atoms with Gasteiger partial charge in [-0.05, 0) is 29.8 Å². The van der Waals surface area contributed by atoms with Gasteiger partial charge in [-0.3, -0.25) is 0 Å². The molecule has 3 rings (SSSR count). The van der Waals surface area contributed by atoms with Crippen molar-refractivity contribution in [2.75, 3.05) is 19.8 Å². The first kappa shape index (κ1) is 12.2. The van der Waals surface area contributed by atoms with E-state index in [1.165, 1.54) is 5.56 Å². The Morgan fingerprint density at radius 2 is 1.84 bits per heavy atom. The Morgan fingerprint density at radius 3 is 2.63 bits per heavy atom. The lowest BCUT2D eigenvalue weighted by molar-refractivity contribution is 0.0768. The van der Waals surface area contributed by atoms with Crippen LogP contribution < -0.4 is 10.1 Å². The molecule has 1 heterocycles. The molecule has 0 amide bonds. The van der Waals surface area contributed by atoms with Gasteiger partial charge in [0.05, 0.1) is 19.3 Å². The molecule has 3 nitrogen and oxygen atoms in total. The van der Waals surface area contributed by atoms with E-state index in [0.717, 1.165) is 31.3 Å². The maximum Gasteiger partial charge on any atom is 0.127 e. The molecule has 0 spiro atoms. The Hall–Kier alpha value is -1.84. The summed E-state index contributed by atoms with van der Waals surface area (Å²) in [7, 11) is 0. The Bertz CT molecular complexity index is 521. The van der Waals surface area contributed by atoms with Crippen LogP contribution in [0.25, 0.3) is 0 Å². The average Bonchev–Trinajstić information content (AvgIpc) is 2.49. The molecular weight excluding hydrogens is 238 g/mol. The third-order valence-corrected chi connectivity index (χ3v) is 3.16. The molecule has 2 aromatic carbocycles. The van der Waals surface area contributed by atoms with Crippen LogP contribution >= 0.6 is 0 Å². The topological polar surface area (TPSA) is 30.5 Å². The van der Waals surface area contributed by atoms with E-state index in [0.29, 0.717) is 0 Å². The third kappa shape index (κ3) is 3.13. The molecule has 19 heavy (non-hydrogen) atoms. The minimum Gasteiger partial charge on any atom is -0.457 e. The van der Waals surface area contributed by atoms with E-state index >= 15 is 0 Å². The summed E-state index contributed by atoms with van der Waals surface area (Å²) in [6.45, 7) is 2.40. The van der Waals surface area contributed by atoms with Gasteiger partial charge in [0.15, 0.2) is 0 Å². The highest BCUT2D eigenvalue weighted by atomic mass is 16.5. The summed E-state index contributed by atoms with van der Waals surface area (Å²) in [5, 5.41) is 3.45. The molecule has 0 unspecified atom stereocenters. The van der Waals surface area contributed by atoms with Crippen LogP contribution in [0, 0.1) is 0 Å². The van der Waals surface area contributed by atoms with Crippen molar-refractivity contribution in [3.05, 3.63) is 60.2 Å². The zero-order chi connectivity index (χ0) is 12.9. The first-order valence-corrected chi connectivity index (χ1v) is 6.56. The summed E-state index contributed by atoms with van der Waals surface area (Å²) >= 11 is 0. The predicted molar refractivity (Wildman–Crippen MR) is 74.5 cm³/mol. The summed E-state index contributed by atoms with van der Waals surface area (Å²) in [4.78, 5) is 0. The molecule has 1 aliphatic heterocycles. The fraction of sp³-hybridized carbons (Fsp3) is 0.250. The predicted octanol–water partition coefficient (Wildman–Crippen LogP) is 3.14. The molecule has 0 bridgehead atoms. The maximum absolute atomic E-state index is 5.84. The van der Waals surface area contributed by atoms with Gasteiger partial charge >= 0.3 is 0 Å². The van der Waals surface area contributed by atoms with Gasteiger partial charge in [0.25, 0.3) is 0 Å². The van der Waals surface area contributed by atoms with Crippen LogP contribution in [0.5, 0.6) is 11.5 Å². The monoisotopic (exact) mass is 255 g/mol. The van der Waals surface area contributed by atoms with Crippen LogP contribution in [0.1, 0.15) is 11.6 Å². The summed E-state index contributed by atoms with van der Waals surface area (Å²) in [6, 6.07) is 18.2. The second-order valence-corrected chi connectivity index (χ2v) is 4.57. The molecule has 1 N–H and O–H groups in total. The third-order valence-electron chi connectivity index (χ3n) is 3.16. The number of hydrogen-bond donors (Lipinski definition) is 1. The number of rotatable bonds is 3. The molecule has 0 aliphatic carbocycles. The molecule has 1 saturated heterocycles. The molecule has 1 aliphatic rings. The van der Waals surface area contributed by atoms with Gasteiger partial charge in [-0.25, -0.2) is 0 Å². The Labute approximate surface area is 113 Å². The second kappa shape index (κ2) is 5.87. The van der Waals surface area contributed by atoms with Gasteiger partial charge in [-0.2, -0.15) is 0 Å². The standard InChI is InChI=1S/C16H17NO2/c1-2-6-14(7-3-1)19-15-8-4-5-13(11-15)16-12-18-10-9-17-16/h1-8,11,16-17H,9-10,12H2/t16-/m0/s1. The summed E-state index contributed by atoms with van der Waals surface area (Å²) in [6.07, 6.45) is 0. The smallest absolute Gasteiger partial charge is 0.127 e. The van der Waals surface area contributed by atoms with E-state index in [2.05, 4.69) is 17.4 Å². The lowest BCUT2D eigenvalue weighted by atomic mass is 10.1. The van der Waals surface area contributed by atoms with Crippen LogP contribution in [0.4, 0.5) is 0 Å². The van der Waals surface area contributed by atoms with Crippen molar-refractivity contribution in [1.29, 1.82) is 0 Å². The highest BCUT2D eigenvalue weighted by molar-refractivity contribution is 5.35. The normalized spacial score (nSPS) is 19.1. The zero-order valence-corrected chi connectivity index (χ0v) is 10.7. The van der Waals surface area contributed by atoms with Crippen molar-refractivity contribution in [3.63, 3.8) is 0 Å². The van der Waals surface area contributed by atoms with E-state index in [-0.39, 0.29) is 6.04 Å². The number of benzene rings is 2. The quantitative estimate of drug-likeness (QED) is 0.914. The molecule has 98 valence electrons. The van der Waals surface area contributed by atoms with E-state index in [4.69, 9.17) is 9.47 Å². The molecule has 3 heteroatoms. The SMILES string of the molecule is c1ccc(Oc2cccc([C@@H]3COCCN3)c2)cc1. The zero-order valence-electron chi connectivity index (χ0n) is 10.7. The maximum atomic E-state index is 5.84. The van der Waals surface area contributed by atoms with Crippen molar-refractivity contribution in [1.82, 2.24) is 5.32 Å². The van der Waals surface area contributed by atoms with Crippen LogP contribution in [-0.2, 0) is 4.74 Å². The van der Waals surface area contributed by atoms with Gasteiger partial charge in [-0.15, -0.1) is 0 Å². The lowest BCUT2D eigenvalue weighted by Gasteiger charge is -2.24. The van der Waals surface area contributed by atoms with E-state index in [9.17, 15) is 0 Å². The van der Waals surface area contributed by atoms with E-state index in [1.54, 1.807) is 0 Å². The van der Waals surface area contributed by atoms with Gasteiger partial charge in [-0.1, -0.05) is 30.3 Å². The van der Waals surface area contributed by atoms with Gasteiger partial charge in [0.1, 0.15) is 11.5 Å². The fourth-order valence-electron chi connectivity index (χ4n) is 2.20. The van der Waals surface area contributed by atoms with Gasteiger partial charge < -0.3 is 14.8 Å². The molecule has 1 atom stereocenters. The first-order chi connectivity index (χ1) is 9.42. The Kier molecular flexibility index (Phi) is 3.77. The number of hydrogen-bond acceptors (Lipinski definition) is 3. The van der Waals surface area contributed by atoms with Gasteiger partial charge in [0.2, 0.25) is 0 Å². The molecule has 0 radical (unpaired) electrons. The van der Waals surface area contributed by atoms with Crippen LogP contribution in [0.3, 0.4) is 0 Å². The number of para-hydroxylation sites is 1. The summed E-state index contributed by atoms with van der Waals surface area (Å²) in [5.74, 6) is 1.71. The molecule has 1 fully saturated rings. The average molecular weight is 255 g/mol. The highest BCUT2D eigenvalue weighted by Gasteiger charge is 2.15. The molecule has 0 aromatic heterocycles. The van der Waals surface area contributed by atoms with Crippen molar-refractivity contribution in [3.8, 4) is 11.5 Å². The highest BCUT2D eigenvalue weighted by Crippen LogP contribution is 2.25. The molecular formula is C16H17NO2. The van der Waals surface area contributed by atoms with Crippen LogP contribution in [0.15, 0.2) is 54.6 Å². The van der Waals surface area contributed by atoms with Crippen LogP contribution in [-0.4, -0.2) is 19.8 Å². The van der Waals surface area contributed by atoms with Crippen molar-refractivity contribution in [2.24, 2.45) is 0 Å². The largest absolute Gasteiger partial charge is 0.457 e. The van der Waals surface area contributed by atoms with Crippen molar-refractivity contribution >= 4 is 0 Å². The summed E-state index contributed by atoms with van der Waals surface area (Å²) < 4.78 is 11.3. The van der Waals surface area contributed by atoms with E-state index < -0.39 is 0 Å². The Balaban J connectivity index is 1.76. The van der Waals surface area contributed by atoms with Crippen molar-refractivity contribution < 1.29 is 9.47 Å². The number of morpholine rings is 1. The minimum atomic E-state index is 0.257. The number of nitrogens with one attached hydrogen (secondary N) is 1. The Morgan fingerprint density at radius 1 is 1.00 bits per heavy atom. The van der Waals surface area contributed by atoms with Gasteiger partial charge in [0, 0.05) is 6.54 Å². The van der Waals surface area contributed by atoms with Crippen LogP contribution in [0.2, 0.25) is 0 Å². The summed E-state index contributed by atoms with van der Waals surface area (Å²) in [5.41, 5.74) is 1.20. The first-order valence-electron chi connectivity index (χ1n) is 6.56. The molecule has 2 aromatic rings. The lowest BCUT2D eigenvalue weighted by Crippen LogP contribution is -2.34. The fourth-order valence-corrected chi connectivity index (χ4v) is 2.20. The minimum absolute atomic E-state index is 0.257. The van der Waals surface area contributed by atoms with E-state index in [1.807, 2.05) is 42.5 Å². The molecule has 0 saturated carbocycles. The van der Waals surface area contributed by atoms with Crippen molar-refractivity contribution in [2.45, 2.75) is 6.04 Å². The number of ether oxygens (including phenoxy) is 2.